The van der Waals surface area contributed by atoms with Gasteiger partial charge in [-0.05, 0) is 29.8 Å². The highest BCUT2D eigenvalue weighted by molar-refractivity contribution is 6.31. The maximum absolute atomic E-state index is 13.8. The zero-order valence-corrected chi connectivity index (χ0v) is 10.9. The molecule has 0 spiro atoms. The lowest BCUT2D eigenvalue weighted by atomic mass is 9.91. The van der Waals surface area contributed by atoms with Crippen LogP contribution in [-0.4, -0.2) is 5.78 Å². The van der Waals surface area contributed by atoms with Gasteiger partial charge in [-0.25, -0.2) is 8.78 Å². The highest BCUT2D eigenvalue weighted by atomic mass is 35.5. The van der Waals surface area contributed by atoms with Crippen LogP contribution in [0.25, 0.3) is 0 Å². The number of carbonyl (C=O) groups excluding carboxylic acids is 1. The van der Waals surface area contributed by atoms with Crippen molar-refractivity contribution in [1.29, 1.82) is 5.26 Å². The first kappa shape index (κ1) is 14.2. The van der Waals surface area contributed by atoms with Crippen LogP contribution >= 0.6 is 11.6 Å². The molecule has 100 valence electrons. The van der Waals surface area contributed by atoms with Gasteiger partial charge in [0.05, 0.1) is 16.7 Å². The summed E-state index contributed by atoms with van der Waals surface area (Å²) in [7, 11) is 0. The third-order valence-corrected chi connectivity index (χ3v) is 3.10. The molecule has 0 aliphatic rings. The van der Waals surface area contributed by atoms with Gasteiger partial charge in [0.2, 0.25) is 0 Å². The zero-order valence-electron chi connectivity index (χ0n) is 10.1. The second kappa shape index (κ2) is 5.81. The molecule has 0 aliphatic carbocycles. The highest BCUT2D eigenvalue weighted by Gasteiger charge is 2.25. The van der Waals surface area contributed by atoms with E-state index in [4.69, 9.17) is 16.9 Å². The fraction of sp³-hybridized carbons (Fsp3) is 0.0667. The van der Waals surface area contributed by atoms with Gasteiger partial charge in [-0.3, -0.25) is 4.79 Å². The van der Waals surface area contributed by atoms with Gasteiger partial charge in [0.1, 0.15) is 11.7 Å². The van der Waals surface area contributed by atoms with Gasteiger partial charge in [-0.15, -0.1) is 0 Å². The lowest BCUT2D eigenvalue weighted by Gasteiger charge is -2.10. The molecule has 0 radical (unpaired) electrons. The minimum atomic E-state index is -1.21. The molecule has 0 aromatic heterocycles. The van der Waals surface area contributed by atoms with Crippen molar-refractivity contribution in [3.05, 3.63) is 70.2 Å². The van der Waals surface area contributed by atoms with Crippen molar-refractivity contribution in [1.82, 2.24) is 0 Å². The lowest BCUT2D eigenvalue weighted by Crippen LogP contribution is -2.13. The Bertz CT molecular complexity index is 692. The lowest BCUT2D eigenvalue weighted by molar-refractivity contribution is 0.0975. The Kier molecular flexibility index (Phi) is 4.11. The van der Waals surface area contributed by atoms with E-state index in [0.29, 0.717) is 5.56 Å². The van der Waals surface area contributed by atoms with Crippen LogP contribution in [0.1, 0.15) is 21.8 Å². The van der Waals surface area contributed by atoms with Gasteiger partial charge >= 0.3 is 0 Å². The molecule has 0 heterocycles. The van der Waals surface area contributed by atoms with Crippen molar-refractivity contribution in [3.8, 4) is 6.07 Å². The van der Waals surface area contributed by atoms with E-state index in [0.717, 1.165) is 12.1 Å². The summed E-state index contributed by atoms with van der Waals surface area (Å²) in [5.41, 5.74) is 0.0478. The Labute approximate surface area is 119 Å². The van der Waals surface area contributed by atoms with Gasteiger partial charge in [0, 0.05) is 0 Å². The van der Waals surface area contributed by atoms with Crippen molar-refractivity contribution in [2.45, 2.75) is 5.92 Å². The van der Waals surface area contributed by atoms with Gasteiger partial charge in [0.25, 0.3) is 0 Å². The van der Waals surface area contributed by atoms with Crippen molar-refractivity contribution in [3.63, 3.8) is 0 Å². The molecule has 2 nitrogen and oxygen atoms in total. The molecule has 0 amide bonds. The summed E-state index contributed by atoms with van der Waals surface area (Å²) in [5, 5.41) is 8.93. The van der Waals surface area contributed by atoms with Crippen LogP contribution < -0.4 is 0 Å². The zero-order chi connectivity index (χ0) is 14.7. The quantitative estimate of drug-likeness (QED) is 0.799. The number of Topliss-reactive ketones (excluding diaryl/α,β-unsaturated/α-hetero) is 1. The molecule has 0 saturated carbocycles. The van der Waals surface area contributed by atoms with Crippen LogP contribution in [0.2, 0.25) is 5.02 Å². The van der Waals surface area contributed by atoms with Gasteiger partial charge in [0.15, 0.2) is 11.6 Å². The molecule has 0 bridgehead atoms. The first-order valence-corrected chi connectivity index (χ1v) is 6.05. The van der Waals surface area contributed by atoms with E-state index < -0.39 is 23.3 Å². The molecular formula is C15H8ClF2NO. The number of rotatable bonds is 3. The summed E-state index contributed by atoms with van der Waals surface area (Å²) < 4.78 is 26.7. The fourth-order valence-electron chi connectivity index (χ4n) is 1.79. The third kappa shape index (κ3) is 2.68. The van der Waals surface area contributed by atoms with Gasteiger partial charge < -0.3 is 0 Å². The molecular weight excluding hydrogens is 284 g/mol. The summed E-state index contributed by atoms with van der Waals surface area (Å²) in [6, 6.07) is 10.7. The minimum absolute atomic E-state index is 0.188. The van der Waals surface area contributed by atoms with E-state index in [1.807, 2.05) is 0 Å². The van der Waals surface area contributed by atoms with E-state index in [1.165, 1.54) is 30.3 Å². The van der Waals surface area contributed by atoms with E-state index in [-0.39, 0.29) is 10.6 Å². The number of nitriles is 1. The topological polar surface area (TPSA) is 40.9 Å². The van der Waals surface area contributed by atoms with Crippen LogP contribution in [0.4, 0.5) is 8.78 Å². The standard InChI is InChI=1S/C15H8ClF2NO/c16-13-3-1-2-11(14(13)18)15(20)12(8-19)9-4-6-10(17)7-5-9/h1-7,12H. The van der Waals surface area contributed by atoms with Gasteiger partial charge in [-0.2, -0.15) is 5.26 Å². The highest BCUT2D eigenvalue weighted by Crippen LogP contribution is 2.25. The van der Waals surface area contributed by atoms with Crippen molar-refractivity contribution >= 4 is 17.4 Å². The van der Waals surface area contributed by atoms with Crippen molar-refractivity contribution in [2.24, 2.45) is 0 Å². The van der Waals surface area contributed by atoms with E-state index in [9.17, 15) is 13.6 Å². The Morgan fingerprint density at radius 2 is 1.80 bits per heavy atom. The molecule has 0 aliphatic heterocycles. The number of ketones is 1. The largest absolute Gasteiger partial charge is 0.292 e. The fourth-order valence-corrected chi connectivity index (χ4v) is 1.96. The maximum atomic E-state index is 13.8. The van der Waals surface area contributed by atoms with Crippen LogP contribution in [-0.2, 0) is 0 Å². The summed E-state index contributed by atoms with van der Waals surface area (Å²) in [5.74, 6) is -3.25. The van der Waals surface area contributed by atoms with Crippen molar-refractivity contribution in [2.75, 3.05) is 0 Å². The summed E-state index contributed by atoms with van der Waals surface area (Å²) >= 11 is 5.61. The first-order chi connectivity index (χ1) is 9.54. The molecule has 0 fully saturated rings. The second-order valence-corrected chi connectivity index (χ2v) is 4.49. The molecule has 5 heteroatoms. The predicted octanol–water partition coefficient (Wildman–Crippen LogP) is 4.11. The molecule has 1 atom stereocenters. The van der Waals surface area contributed by atoms with Crippen molar-refractivity contribution < 1.29 is 13.6 Å². The number of carbonyl (C=O) groups is 1. The number of nitrogens with zero attached hydrogens (tertiary/aromatic N) is 1. The van der Waals surface area contributed by atoms with E-state index in [2.05, 4.69) is 0 Å². The van der Waals surface area contributed by atoms with E-state index in [1.54, 1.807) is 6.07 Å². The summed E-state index contributed by atoms with van der Waals surface area (Å²) in [6.07, 6.45) is 0. The van der Waals surface area contributed by atoms with Crippen LogP contribution in [0.5, 0.6) is 0 Å². The van der Waals surface area contributed by atoms with E-state index >= 15 is 0 Å². The first-order valence-electron chi connectivity index (χ1n) is 5.68. The molecule has 2 rings (SSSR count). The second-order valence-electron chi connectivity index (χ2n) is 4.08. The predicted molar refractivity (Wildman–Crippen MR) is 70.5 cm³/mol. The SMILES string of the molecule is N#CC(C(=O)c1cccc(Cl)c1F)c1ccc(F)cc1. The number of halogens is 3. The molecule has 2 aromatic carbocycles. The molecule has 0 saturated heterocycles. The Balaban J connectivity index is 2.42. The number of hydrogen-bond donors (Lipinski definition) is 0. The summed E-state index contributed by atoms with van der Waals surface area (Å²) in [4.78, 5) is 12.2. The average molecular weight is 292 g/mol. The summed E-state index contributed by atoms with van der Waals surface area (Å²) in [6.45, 7) is 0. The Morgan fingerprint density at radius 3 is 2.40 bits per heavy atom. The molecule has 1 unspecified atom stereocenters. The Hall–Kier alpha value is -2.25. The maximum Gasteiger partial charge on any atom is 0.187 e. The van der Waals surface area contributed by atoms with Crippen LogP contribution in [0, 0.1) is 23.0 Å². The van der Waals surface area contributed by atoms with Crippen LogP contribution in [0.15, 0.2) is 42.5 Å². The molecule has 20 heavy (non-hydrogen) atoms. The van der Waals surface area contributed by atoms with Gasteiger partial charge in [-0.1, -0.05) is 29.8 Å². The number of hydrogen-bond acceptors (Lipinski definition) is 2. The normalized spacial score (nSPS) is 11.7. The molecule has 2 aromatic rings. The Morgan fingerprint density at radius 1 is 1.15 bits per heavy atom. The van der Waals surface area contributed by atoms with Crippen LogP contribution in [0.3, 0.4) is 0 Å². The molecule has 0 N–H and O–H groups in total. The monoisotopic (exact) mass is 291 g/mol. The minimum Gasteiger partial charge on any atom is -0.292 e. The number of benzene rings is 2. The average Bonchev–Trinajstić information content (AvgIpc) is 2.44. The smallest absolute Gasteiger partial charge is 0.187 e. The third-order valence-electron chi connectivity index (χ3n) is 2.81.